The average Bonchev–Trinajstić information content (AvgIpc) is 2.78. The lowest BCUT2D eigenvalue weighted by molar-refractivity contribution is -0.127. The van der Waals surface area contributed by atoms with Gasteiger partial charge >= 0.3 is 0 Å². The number of carbonyl (C=O) groups excluding carboxylic acids is 1. The second kappa shape index (κ2) is 6.79. The molecule has 7 heteroatoms. The van der Waals surface area contributed by atoms with Crippen molar-refractivity contribution in [2.24, 2.45) is 5.92 Å². The van der Waals surface area contributed by atoms with Crippen molar-refractivity contribution < 1.29 is 17.9 Å². The third-order valence-corrected chi connectivity index (χ3v) is 5.75. The number of ether oxygens (including phenoxy) is 1. The highest BCUT2D eigenvalue weighted by Gasteiger charge is 2.28. The van der Waals surface area contributed by atoms with Gasteiger partial charge in [-0.15, -0.1) is 0 Å². The molecule has 2 unspecified atom stereocenters. The van der Waals surface area contributed by atoms with E-state index >= 15 is 0 Å². The van der Waals surface area contributed by atoms with Crippen LogP contribution in [0.1, 0.15) is 13.3 Å². The summed E-state index contributed by atoms with van der Waals surface area (Å²) in [6, 6.07) is 7.22. The molecule has 21 heavy (non-hydrogen) atoms. The highest BCUT2D eigenvalue weighted by Crippen LogP contribution is 2.18. The molecular weight excluding hydrogens is 358 g/mol. The molecular formula is C14H18BrNO4S. The molecule has 0 saturated carbocycles. The van der Waals surface area contributed by atoms with Crippen LogP contribution in [0.25, 0.3) is 0 Å². The molecule has 1 aromatic rings. The fourth-order valence-electron chi connectivity index (χ4n) is 2.19. The predicted octanol–water partition coefficient (Wildman–Crippen LogP) is 1.77. The van der Waals surface area contributed by atoms with Crippen LogP contribution < -0.4 is 10.1 Å². The quantitative estimate of drug-likeness (QED) is 0.850. The molecule has 0 aromatic heterocycles. The summed E-state index contributed by atoms with van der Waals surface area (Å²) in [4.78, 5) is 11.9. The van der Waals surface area contributed by atoms with Gasteiger partial charge in [-0.05, 0) is 43.5 Å². The van der Waals surface area contributed by atoms with E-state index in [9.17, 15) is 13.2 Å². The standard InChI is InChI=1S/C14H18BrNO4S/c1-10(20-13-4-2-12(15)3-5-13)14(17)16-8-11-6-7-21(18,19)9-11/h2-5,10-11H,6-9H2,1H3,(H,16,17). The van der Waals surface area contributed by atoms with E-state index in [0.29, 0.717) is 18.7 Å². The second-order valence-electron chi connectivity index (χ2n) is 5.23. The molecule has 1 aliphatic heterocycles. The molecule has 1 amide bonds. The Hall–Kier alpha value is -1.08. The van der Waals surface area contributed by atoms with E-state index in [1.165, 1.54) is 0 Å². The molecule has 1 saturated heterocycles. The van der Waals surface area contributed by atoms with Gasteiger partial charge in [-0.1, -0.05) is 15.9 Å². The molecule has 0 spiro atoms. The van der Waals surface area contributed by atoms with E-state index < -0.39 is 15.9 Å². The van der Waals surface area contributed by atoms with Crippen molar-refractivity contribution in [3.63, 3.8) is 0 Å². The van der Waals surface area contributed by atoms with Gasteiger partial charge in [-0.3, -0.25) is 4.79 Å². The monoisotopic (exact) mass is 375 g/mol. The van der Waals surface area contributed by atoms with E-state index in [2.05, 4.69) is 21.2 Å². The van der Waals surface area contributed by atoms with Crippen LogP contribution in [0.4, 0.5) is 0 Å². The number of nitrogens with one attached hydrogen (secondary N) is 1. The topological polar surface area (TPSA) is 72.5 Å². The normalized spacial score (nSPS) is 21.7. The zero-order valence-electron chi connectivity index (χ0n) is 11.7. The number of hydrogen-bond acceptors (Lipinski definition) is 4. The minimum absolute atomic E-state index is 0.0128. The minimum Gasteiger partial charge on any atom is -0.481 e. The maximum Gasteiger partial charge on any atom is 0.260 e. The molecule has 1 aromatic carbocycles. The third kappa shape index (κ3) is 5.00. The largest absolute Gasteiger partial charge is 0.481 e. The van der Waals surface area contributed by atoms with Gasteiger partial charge in [-0.25, -0.2) is 8.42 Å². The highest BCUT2D eigenvalue weighted by molar-refractivity contribution is 9.10. The lowest BCUT2D eigenvalue weighted by Crippen LogP contribution is -2.39. The van der Waals surface area contributed by atoms with Gasteiger partial charge in [0.05, 0.1) is 11.5 Å². The fraction of sp³-hybridized carbons (Fsp3) is 0.500. The number of sulfone groups is 1. The Labute approximate surface area is 133 Å². The first kappa shape index (κ1) is 16.3. The van der Waals surface area contributed by atoms with Gasteiger partial charge in [0.1, 0.15) is 5.75 Å². The molecule has 2 atom stereocenters. The average molecular weight is 376 g/mol. The molecule has 0 aliphatic carbocycles. The Morgan fingerprint density at radius 1 is 1.43 bits per heavy atom. The Morgan fingerprint density at radius 2 is 2.10 bits per heavy atom. The van der Waals surface area contributed by atoms with E-state index in [1.807, 2.05) is 12.1 Å². The van der Waals surface area contributed by atoms with Crippen molar-refractivity contribution in [1.82, 2.24) is 5.32 Å². The zero-order valence-corrected chi connectivity index (χ0v) is 14.1. The van der Waals surface area contributed by atoms with Crippen LogP contribution in [0.5, 0.6) is 5.75 Å². The number of amides is 1. The summed E-state index contributed by atoms with van der Waals surface area (Å²) < 4.78 is 29.2. The number of carbonyl (C=O) groups is 1. The number of hydrogen-bond donors (Lipinski definition) is 1. The predicted molar refractivity (Wildman–Crippen MR) is 84.0 cm³/mol. The van der Waals surface area contributed by atoms with Crippen LogP contribution in [0.15, 0.2) is 28.7 Å². The molecule has 0 radical (unpaired) electrons. The van der Waals surface area contributed by atoms with Crippen molar-refractivity contribution in [2.45, 2.75) is 19.4 Å². The summed E-state index contributed by atoms with van der Waals surface area (Å²) >= 11 is 3.33. The van der Waals surface area contributed by atoms with E-state index in [-0.39, 0.29) is 23.3 Å². The van der Waals surface area contributed by atoms with Crippen LogP contribution in [0.3, 0.4) is 0 Å². The Kier molecular flexibility index (Phi) is 5.27. The van der Waals surface area contributed by atoms with Crippen LogP contribution in [0.2, 0.25) is 0 Å². The third-order valence-electron chi connectivity index (χ3n) is 3.39. The summed E-state index contributed by atoms with van der Waals surface area (Å²) in [6.07, 6.45) is -0.00549. The zero-order chi connectivity index (χ0) is 15.5. The van der Waals surface area contributed by atoms with Crippen molar-refractivity contribution in [2.75, 3.05) is 18.1 Å². The number of benzene rings is 1. The van der Waals surface area contributed by atoms with Gasteiger partial charge in [0.2, 0.25) is 0 Å². The van der Waals surface area contributed by atoms with Gasteiger partial charge < -0.3 is 10.1 Å². The van der Waals surface area contributed by atoms with Crippen molar-refractivity contribution in [3.05, 3.63) is 28.7 Å². The fourth-order valence-corrected chi connectivity index (χ4v) is 4.32. The first-order valence-electron chi connectivity index (χ1n) is 6.76. The molecule has 1 heterocycles. The number of rotatable bonds is 5. The maximum atomic E-state index is 11.9. The van der Waals surface area contributed by atoms with Gasteiger partial charge in [0, 0.05) is 11.0 Å². The number of halogens is 1. The minimum atomic E-state index is -2.90. The first-order valence-corrected chi connectivity index (χ1v) is 9.37. The van der Waals surface area contributed by atoms with Gasteiger partial charge in [0.15, 0.2) is 15.9 Å². The smallest absolute Gasteiger partial charge is 0.260 e. The summed E-state index contributed by atoms with van der Waals surface area (Å²) in [5.74, 6) is 0.776. The summed E-state index contributed by atoms with van der Waals surface area (Å²) in [6.45, 7) is 2.05. The Bertz CT molecular complexity index is 600. The van der Waals surface area contributed by atoms with Crippen molar-refractivity contribution in [3.8, 4) is 5.75 Å². The molecule has 5 nitrogen and oxygen atoms in total. The lowest BCUT2D eigenvalue weighted by Gasteiger charge is -2.16. The highest BCUT2D eigenvalue weighted by atomic mass is 79.9. The van der Waals surface area contributed by atoms with E-state index in [0.717, 1.165) is 4.47 Å². The Balaban J connectivity index is 1.79. The molecule has 0 bridgehead atoms. The molecule has 1 N–H and O–H groups in total. The molecule has 1 aliphatic rings. The van der Waals surface area contributed by atoms with Gasteiger partial charge in [-0.2, -0.15) is 0 Å². The van der Waals surface area contributed by atoms with Crippen LogP contribution in [-0.4, -0.2) is 38.5 Å². The lowest BCUT2D eigenvalue weighted by atomic mass is 10.1. The molecule has 2 rings (SSSR count). The van der Waals surface area contributed by atoms with Crippen molar-refractivity contribution >= 4 is 31.7 Å². The van der Waals surface area contributed by atoms with Crippen molar-refractivity contribution in [1.29, 1.82) is 0 Å². The van der Waals surface area contributed by atoms with Gasteiger partial charge in [0.25, 0.3) is 5.91 Å². The summed E-state index contributed by atoms with van der Waals surface area (Å²) in [5.41, 5.74) is 0. The van der Waals surface area contributed by atoms with Crippen LogP contribution in [0, 0.1) is 5.92 Å². The molecule has 116 valence electrons. The first-order chi connectivity index (χ1) is 9.85. The van der Waals surface area contributed by atoms with E-state index in [4.69, 9.17) is 4.74 Å². The summed E-state index contributed by atoms with van der Waals surface area (Å²) in [5, 5.41) is 2.76. The van der Waals surface area contributed by atoms with E-state index in [1.54, 1.807) is 19.1 Å². The van der Waals surface area contributed by atoms with Crippen LogP contribution >= 0.6 is 15.9 Å². The SMILES string of the molecule is CC(Oc1ccc(Br)cc1)C(=O)NCC1CCS(=O)(=O)C1. The van der Waals surface area contributed by atoms with Crippen LogP contribution in [-0.2, 0) is 14.6 Å². The Morgan fingerprint density at radius 3 is 2.67 bits per heavy atom. The summed E-state index contributed by atoms with van der Waals surface area (Å²) in [7, 11) is -2.90. The maximum absolute atomic E-state index is 11.9. The molecule has 1 fully saturated rings. The second-order valence-corrected chi connectivity index (χ2v) is 8.37.